The molecule has 0 aromatic heterocycles. The molecule has 0 amide bonds. The minimum atomic E-state index is -3.28. The molecule has 0 unspecified atom stereocenters. The van der Waals surface area contributed by atoms with Crippen LogP contribution < -0.4 is 4.74 Å². The third-order valence-corrected chi connectivity index (χ3v) is 6.29. The molecule has 0 radical (unpaired) electrons. The fourth-order valence-electron chi connectivity index (χ4n) is 1.22. The van der Waals surface area contributed by atoms with Gasteiger partial charge in [-0.2, -0.15) is 0 Å². The van der Waals surface area contributed by atoms with Crippen LogP contribution >= 0.6 is 34.1 Å². The summed E-state index contributed by atoms with van der Waals surface area (Å²) in [6.45, 7) is 0.664. The average molecular weight is 383 g/mol. The first-order valence-electron chi connectivity index (χ1n) is 5.99. The second kappa shape index (κ2) is 8.85. The van der Waals surface area contributed by atoms with Crippen molar-refractivity contribution in [3.8, 4) is 5.75 Å². The normalized spacial score (nSPS) is 11.3. The molecule has 1 aromatic rings. The smallest absolute Gasteiger partial charge is 0.389 e. The fraction of sp³-hybridized carbons (Fsp3) is 0.417. The summed E-state index contributed by atoms with van der Waals surface area (Å²) in [5, 5.41) is 0. The highest BCUT2D eigenvalue weighted by atomic mass is 79.9. The molecule has 5 nitrogen and oxygen atoms in total. The van der Waals surface area contributed by atoms with Crippen molar-refractivity contribution in [3.63, 3.8) is 0 Å². The van der Waals surface area contributed by atoms with Crippen molar-refractivity contribution in [3.05, 3.63) is 28.7 Å². The number of hydrogen-bond donors (Lipinski definition) is 0. The summed E-state index contributed by atoms with van der Waals surface area (Å²) >= 11 is 4.12. The topological polar surface area (TPSA) is 61.8 Å². The molecule has 0 aliphatic carbocycles. The van der Waals surface area contributed by atoms with Gasteiger partial charge in [0.2, 0.25) is 0 Å². The summed E-state index contributed by atoms with van der Waals surface area (Å²) in [6, 6.07) is 6.86. The van der Waals surface area contributed by atoms with Gasteiger partial charge in [-0.1, -0.05) is 15.9 Å². The highest BCUT2D eigenvalue weighted by Gasteiger charge is 2.26. The number of carbonyl (C=O) groups excluding carboxylic acids is 1. The Kier molecular flexibility index (Phi) is 7.84. The highest BCUT2D eigenvalue weighted by molar-refractivity contribution is 9.10. The maximum absolute atomic E-state index is 12.1. The van der Waals surface area contributed by atoms with Gasteiger partial charge < -0.3 is 13.8 Å². The lowest BCUT2D eigenvalue weighted by atomic mass is 10.3. The second-order valence-electron chi connectivity index (χ2n) is 3.48. The third-order valence-electron chi connectivity index (χ3n) is 1.96. The Hall–Kier alpha value is -0.330. The van der Waals surface area contributed by atoms with Crippen LogP contribution in [0, 0.1) is 0 Å². The molecule has 8 heteroatoms. The summed E-state index contributed by atoms with van der Waals surface area (Å²) in [4.78, 5) is 11.7. The quantitative estimate of drug-likeness (QED) is 0.380. The lowest BCUT2D eigenvalue weighted by Gasteiger charge is -2.15. The Morgan fingerprint density at radius 2 is 1.75 bits per heavy atom. The molecule has 0 fully saturated rings. The molecule has 20 heavy (non-hydrogen) atoms. The molecule has 0 aliphatic rings. The molecule has 0 spiro atoms. The molecule has 1 aromatic carbocycles. The maximum Gasteiger partial charge on any atom is 0.389 e. The third kappa shape index (κ3) is 6.41. The Bertz CT molecular complexity index is 469. The molecule has 112 valence electrons. The number of ether oxygens (including phenoxy) is 1. The van der Waals surface area contributed by atoms with Crippen LogP contribution in [0.3, 0.4) is 0 Å². The van der Waals surface area contributed by atoms with E-state index in [1.54, 1.807) is 38.1 Å². The first-order chi connectivity index (χ1) is 9.49. The van der Waals surface area contributed by atoms with E-state index in [2.05, 4.69) is 15.9 Å². The summed E-state index contributed by atoms with van der Waals surface area (Å²) < 4.78 is 28.3. The van der Waals surface area contributed by atoms with Gasteiger partial charge in [0.05, 0.1) is 13.2 Å². The summed E-state index contributed by atoms with van der Waals surface area (Å²) in [5.74, 6) is -0.175. The molecule has 0 saturated carbocycles. The van der Waals surface area contributed by atoms with E-state index in [1.807, 2.05) is 0 Å². The van der Waals surface area contributed by atoms with Crippen molar-refractivity contribution in [1.82, 2.24) is 0 Å². The monoisotopic (exact) mass is 382 g/mol. The largest absolute Gasteiger partial charge is 0.426 e. The van der Waals surface area contributed by atoms with Crippen molar-refractivity contribution in [2.75, 3.05) is 19.0 Å². The van der Waals surface area contributed by atoms with Gasteiger partial charge in [-0.15, -0.1) is 0 Å². The molecule has 0 aliphatic heterocycles. The number of rotatable bonds is 8. The van der Waals surface area contributed by atoms with Crippen LogP contribution in [0.15, 0.2) is 28.7 Å². The van der Waals surface area contributed by atoms with E-state index in [9.17, 15) is 9.36 Å². The molecule has 0 heterocycles. The van der Waals surface area contributed by atoms with Gasteiger partial charge in [0.25, 0.3) is 0 Å². The first kappa shape index (κ1) is 17.7. The van der Waals surface area contributed by atoms with Crippen LogP contribution in [0.4, 0.5) is 0 Å². The van der Waals surface area contributed by atoms with E-state index in [0.717, 1.165) is 15.9 Å². The lowest BCUT2D eigenvalue weighted by Crippen LogP contribution is -2.11. The summed E-state index contributed by atoms with van der Waals surface area (Å²) in [7, 11) is 0. The van der Waals surface area contributed by atoms with E-state index >= 15 is 0 Å². The number of halogens is 1. The maximum atomic E-state index is 12.1. The number of carbonyl (C=O) groups is 1. The summed E-state index contributed by atoms with van der Waals surface area (Å²) in [6.07, 6.45) is 0. The number of esters is 1. The summed E-state index contributed by atoms with van der Waals surface area (Å²) in [5.41, 5.74) is 0. The standard InChI is InChI=1S/C12H16BrO5PS/c1-3-16-19(15,17-4-2)20-9-12(14)18-11-7-5-10(13)6-8-11/h5-8H,3-4,9H2,1-2H3. The number of hydrogen-bond acceptors (Lipinski definition) is 6. The molecule has 0 N–H and O–H groups in total. The minimum absolute atomic E-state index is 0.104. The zero-order chi connectivity index (χ0) is 15.0. The van der Waals surface area contributed by atoms with Gasteiger partial charge in [-0.25, -0.2) is 4.57 Å². The van der Waals surface area contributed by atoms with E-state index < -0.39 is 12.8 Å². The molecular weight excluding hydrogens is 367 g/mol. The van der Waals surface area contributed by atoms with Crippen LogP contribution in [0.1, 0.15) is 13.8 Å². The molecular formula is C12H16BrO5PS. The van der Waals surface area contributed by atoms with Gasteiger partial charge >= 0.3 is 12.8 Å². The Balaban J connectivity index is 2.49. The fourth-order valence-corrected chi connectivity index (χ4v) is 4.54. The molecule has 0 saturated heterocycles. The van der Waals surface area contributed by atoms with Crippen molar-refractivity contribution in [2.24, 2.45) is 0 Å². The van der Waals surface area contributed by atoms with Crippen LogP contribution in [-0.4, -0.2) is 24.9 Å². The van der Waals surface area contributed by atoms with Crippen LogP contribution in [0.5, 0.6) is 5.75 Å². The van der Waals surface area contributed by atoms with E-state index in [0.29, 0.717) is 5.75 Å². The predicted molar refractivity (Wildman–Crippen MR) is 83.1 cm³/mol. The van der Waals surface area contributed by atoms with Crippen molar-refractivity contribution in [2.45, 2.75) is 13.8 Å². The Morgan fingerprint density at radius 3 is 2.25 bits per heavy atom. The second-order valence-corrected chi connectivity index (χ2v) is 8.47. The molecule has 1 rings (SSSR count). The zero-order valence-corrected chi connectivity index (χ0v) is 14.5. The van der Waals surface area contributed by atoms with Gasteiger partial charge in [0.1, 0.15) is 11.5 Å². The van der Waals surface area contributed by atoms with Crippen molar-refractivity contribution in [1.29, 1.82) is 0 Å². The van der Waals surface area contributed by atoms with Crippen LogP contribution in [0.25, 0.3) is 0 Å². The van der Waals surface area contributed by atoms with Gasteiger partial charge in [-0.05, 0) is 49.5 Å². The highest BCUT2D eigenvalue weighted by Crippen LogP contribution is 2.60. The van der Waals surface area contributed by atoms with Crippen LogP contribution in [0.2, 0.25) is 0 Å². The van der Waals surface area contributed by atoms with E-state index in [1.165, 1.54) is 0 Å². The SMILES string of the molecule is CCOP(=O)(OCC)SCC(=O)Oc1ccc(Br)cc1. The minimum Gasteiger partial charge on any atom is -0.426 e. The average Bonchev–Trinajstić information content (AvgIpc) is 2.40. The Labute approximate surface area is 130 Å². The van der Waals surface area contributed by atoms with E-state index in [-0.39, 0.29) is 19.0 Å². The predicted octanol–water partition coefficient (Wildman–Crippen LogP) is 4.27. The van der Waals surface area contributed by atoms with Gasteiger partial charge in [0.15, 0.2) is 0 Å². The molecule has 0 atom stereocenters. The van der Waals surface area contributed by atoms with Crippen molar-refractivity contribution >= 4 is 40.1 Å². The zero-order valence-electron chi connectivity index (χ0n) is 11.2. The van der Waals surface area contributed by atoms with Gasteiger partial charge in [0, 0.05) is 4.47 Å². The lowest BCUT2D eigenvalue weighted by molar-refractivity contribution is -0.131. The Morgan fingerprint density at radius 1 is 1.20 bits per heavy atom. The molecule has 0 bridgehead atoms. The van der Waals surface area contributed by atoms with E-state index in [4.69, 9.17) is 13.8 Å². The van der Waals surface area contributed by atoms with Crippen molar-refractivity contribution < 1.29 is 23.1 Å². The van der Waals surface area contributed by atoms with Gasteiger partial charge in [-0.3, -0.25) is 4.79 Å². The first-order valence-corrected chi connectivity index (χ1v) is 9.91. The van der Waals surface area contributed by atoms with Crippen LogP contribution in [-0.2, 0) is 18.4 Å². The number of benzene rings is 1.